The molecule has 14 heavy (non-hydrogen) atoms. The molecular formula is C11H15N3. The average molecular weight is 189 g/mol. The molecule has 0 aliphatic rings. The quantitative estimate of drug-likeness (QED) is 0.748. The highest BCUT2D eigenvalue weighted by Crippen LogP contribution is 2.24. The van der Waals surface area contributed by atoms with Crippen molar-refractivity contribution in [2.24, 2.45) is 7.05 Å². The zero-order chi connectivity index (χ0) is 10.3. The molecule has 74 valence electrons. The minimum Gasteiger partial charge on any atom is -0.384 e. The predicted octanol–water partition coefficient (Wildman–Crippen LogP) is 2.28. The number of pyridine rings is 1. The first-order valence-electron chi connectivity index (χ1n) is 4.80. The number of fused-ring (bicyclic) bond motifs is 1. The molecule has 0 aliphatic heterocycles. The molecule has 2 aromatic heterocycles. The number of aromatic nitrogens is 2. The van der Waals surface area contributed by atoms with Gasteiger partial charge in [0, 0.05) is 30.4 Å². The van der Waals surface area contributed by atoms with E-state index in [-0.39, 0.29) is 0 Å². The Balaban J connectivity index is 2.74. The van der Waals surface area contributed by atoms with Gasteiger partial charge < -0.3 is 10.3 Å². The molecule has 0 unspecified atom stereocenters. The van der Waals surface area contributed by atoms with Gasteiger partial charge in [0.1, 0.15) is 5.82 Å². The van der Waals surface area contributed by atoms with Crippen molar-refractivity contribution in [3.05, 3.63) is 24.0 Å². The standard InChI is InChI=1S/C11H15N3/c1-7(2)9-4-8-6-13-11(12)5-10(8)14(9)3/h4-7H,1-3H3,(H2,12,13). The Morgan fingerprint density at radius 3 is 2.71 bits per heavy atom. The molecule has 2 aromatic rings. The topological polar surface area (TPSA) is 43.8 Å². The van der Waals surface area contributed by atoms with Gasteiger partial charge >= 0.3 is 0 Å². The summed E-state index contributed by atoms with van der Waals surface area (Å²) in [6.07, 6.45) is 1.83. The molecule has 0 spiro atoms. The van der Waals surface area contributed by atoms with Gasteiger partial charge in [0.25, 0.3) is 0 Å². The van der Waals surface area contributed by atoms with Crippen LogP contribution in [0.15, 0.2) is 18.3 Å². The summed E-state index contributed by atoms with van der Waals surface area (Å²) in [5, 5.41) is 1.16. The Kier molecular flexibility index (Phi) is 1.95. The van der Waals surface area contributed by atoms with E-state index in [9.17, 15) is 0 Å². The van der Waals surface area contributed by atoms with Crippen molar-refractivity contribution in [2.75, 3.05) is 5.73 Å². The largest absolute Gasteiger partial charge is 0.384 e. The van der Waals surface area contributed by atoms with Crippen molar-refractivity contribution in [3.63, 3.8) is 0 Å². The fourth-order valence-electron chi connectivity index (χ4n) is 1.82. The first-order valence-corrected chi connectivity index (χ1v) is 4.80. The van der Waals surface area contributed by atoms with Crippen LogP contribution in [0.4, 0.5) is 5.82 Å². The zero-order valence-electron chi connectivity index (χ0n) is 8.78. The maximum absolute atomic E-state index is 5.65. The summed E-state index contributed by atoms with van der Waals surface area (Å²) in [5.41, 5.74) is 8.12. The summed E-state index contributed by atoms with van der Waals surface area (Å²) in [7, 11) is 2.07. The van der Waals surface area contributed by atoms with Crippen molar-refractivity contribution in [2.45, 2.75) is 19.8 Å². The Morgan fingerprint density at radius 2 is 2.07 bits per heavy atom. The van der Waals surface area contributed by atoms with Crippen molar-refractivity contribution in [1.82, 2.24) is 9.55 Å². The van der Waals surface area contributed by atoms with Gasteiger partial charge in [-0.05, 0) is 12.0 Å². The summed E-state index contributed by atoms with van der Waals surface area (Å²) in [5.74, 6) is 1.10. The molecule has 0 amide bonds. The summed E-state index contributed by atoms with van der Waals surface area (Å²) in [4.78, 5) is 4.09. The van der Waals surface area contributed by atoms with Gasteiger partial charge in [0.05, 0.1) is 5.52 Å². The van der Waals surface area contributed by atoms with Gasteiger partial charge in [0.2, 0.25) is 0 Å². The van der Waals surface area contributed by atoms with E-state index in [1.54, 1.807) is 0 Å². The highest BCUT2D eigenvalue weighted by atomic mass is 15.0. The average Bonchev–Trinajstić information content (AvgIpc) is 2.44. The van der Waals surface area contributed by atoms with Crippen LogP contribution in [0, 0.1) is 0 Å². The van der Waals surface area contributed by atoms with Crippen LogP contribution in [-0.2, 0) is 7.05 Å². The molecule has 3 nitrogen and oxygen atoms in total. The Morgan fingerprint density at radius 1 is 1.36 bits per heavy atom. The van der Waals surface area contributed by atoms with Crippen LogP contribution < -0.4 is 5.73 Å². The molecule has 0 atom stereocenters. The first-order chi connectivity index (χ1) is 6.59. The van der Waals surface area contributed by atoms with Crippen LogP contribution in [0.5, 0.6) is 0 Å². The molecule has 2 rings (SSSR count). The van der Waals surface area contributed by atoms with E-state index in [2.05, 4.69) is 36.5 Å². The molecule has 3 heteroatoms. The van der Waals surface area contributed by atoms with Gasteiger partial charge in [-0.2, -0.15) is 0 Å². The van der Waals surface area contributed by atoms with Gasteiger partial charge in [0.15, 0.2) is 0 Å². The number of aryl methyl sites for hydroxylation is 1. The second-order valence-electron chi connectivity index (χ2n) is 3.95. The van der Waals surface area contributed by atoms with Crippen LogP contribution in [0.1, 0.15) is 25.5 Å². The summed E-state index contributed by atoms with van der Waals surface area (Å²) in [6, 6.07) is 4.09. The van der Waals surface area contributed by atoms with Crippen molar-refractivity contribution in [3.8, 4) is 0 Å². The predicted molar refractivity (Wildman–Crippen MR) is 59.2 cm³/mol. The van der Waals surface area contributed by atoms with Crippen LogP contribution in [-0.4, -0.2) is 9.55 Å². The number of nitrogens with zero attached hydrogens (tertiary/aromatic N) is 2. The molecule has 0 aromatic carbocycles. The van der Waals surface area contributed by atoms with Gasteiger partial charge in [-0.15, -0.1) is 0 Å². The lowest BCUT2D eigenvalue weighted by Crippen LogP contribution is -1.98. The first kappa shape index (κ1) is 9.06. The monoisotopic (exact) mass is 189 g/mol. The number of hydrogen-bond donors (Lipinski definition) is 1. The number of anilines is 1. The number of nitrogens with two attached hydrogens (primary N) is 1. The van der Waals surface area contributed by atoms with E-state index in [1.165, 1.54) is 5.69 Å². The molecule has 2 N–H and O–H groups in total. The van der Waals surface area contributed by atoms with E-state index in [0.29, 0.717) is 11.7 Å². The normalized spacial score (nSPS) is 11.4. The summed E-state index contributed by atoms with van der Waals surface area (Å²) in [6.45, 7) is 4.37. The van der Waals surface area contributed by atoms with Gasteiger partial charge in [-0.1, -0.05) is 13.8 Å². The third-order valence-corrected chi connectivity index (χ3v) is 2.58. The van der Waals surface area contributed by atoms with Crippen molar-refractivity contribution < 1.29 is 0 Å². The molecule has 0 saturated carbocycles. The fraction of sp³-hybridized carbons (Fsp3) is 0.364. The summed E-state index contributed by atoms with van der Waals surface area (Å²) >= 11 is 0. The molecule has 0 radical (unpaired) electrons. The number of hydrogen-bond acceptors (Lipinski definition) is 2. The van der Waals surface area contributed by atoms with Crippen molar-refractivity contribution in [1.29, 1.82) is 0 Å². The molecule has 0 bridgehead atoms. The SMILES string of the molecule is CC(C)c1cc2cnc(N)cc2n1C. The summed E-state index contributed by atoms with van der Waals surface area (Å²) < 4.78 is 2.18. The van der Waals surface area contributed by atoms with Crippen LogP contribution in [0.25, 0.3) is 10.9 Å². The maximum atomic E-state index is 5.65. The molecule has 2 heterocycles. The van der Waals surface area contributed by atoms with Gasteiger partial charge in [-0.3, -0.25) is 0 Å². The Hall–Kier alpha value is -1.51. The minimum absolute atomic E-state index is 0.522. The van der Waals surface area contributed by atoms with Crippen LogP contribution >= 0.6 is 0 Å². The van der Waals surface area contributed by atoms with E-state index >= 15 is 0 Å². The third kappa shape index (κ3) is 1.25. The lowest BCUT2D eigenvalue weighted by atomic mass is 10.1. The second kappa shape index (κ2) is 3.01. The number of nitrogen functional groups attached to an aromatic ring is 1. The lowest BCUT2D eigenvalue weighted by molar-refractivity contribution is 0.755. The van der Waals surface area contributed by atoms with Crippen LogP contribution in [0.2, 0.25) is 0 Å². The fourth-order valence-corrected chi connectivity index (χ4v) is 1.82. The Bertz CT molecular complexity index is 469. The van der Waals surface area contributed by atoms with Crippen molar-refractivity contribution >= 4 is 16.7 Å². The molecule has 0 saturated heterocycles. The van der Waals surface area contributed by atoms with E-state index in [0.717, 1.165) is 10.9 Å². The van der Waals surface area contributed by atoms with Crippen LogP contribution in [0.3, 0.4) is 0 Å². The van der Waals surface area contributed by atoms with E-state index in [4.69, 9.17) is 5.73 Å². The number of rotatable bonds is 1. The second-order valence-corrected chi connectivity index (χ2v) is 3.95. The third-order valence-electron chi connectivity index (χ3n) is 2.58. The maximum Gasteiger partial charge on any atom is 0.125 e. The molecule has 0 fully saturated rings. The lowest BCUT2D eigenvalue weighted by Gasteiger charge is -2.06. The molecular weight excluding hydrogens is 174 g/mol. The highest BCUT2D eigenvalue weighted by molar-refractivity contribution is 5.82. The van der Waals surface area contributed by atoms with E-state index < -0.39 is 0 Å². The zero-order valence-corrected chi connectivity index (χ0v) is 8.78. The minimum atomic E-state index is 0.522. The highest BCUT2D eigenvalue weighted by Gasteiger charge is 2.08. The Labute approximate surface area is 83.6 Å². The van der Waals surface area contributed by atoms with Gasteiger partial charge in [-0.25, -0.2) is 4.98 Å². The van der Waals surface area contributed by atoms with E-state index in [1.807, 2.05) is 12.3 Å². The smallest absolute Gasteiger partial charge is 0.125 e. The molecule has 0 aliphatic carbocycles.